The number of amides is 1. The number of thiazole rings is 1. The highest BCUT2D eigenvalue weighted by Crippen LogP contribution is 2.23. The van der Waals surface area contributed by atoms with Crippen molar-refractivity contribution in [2.75, 3.05) is 18.9 Å². The number of rotatable bonds is 6. The largest absolute Gasteiger partial charge is 0.301 e. The van der Waals surface area contributed by atoms with Gasteiger partial charge in [-0.15, -0.1) is 11.3 Å². The average molecular weight is 341 g/mol. The first-order chi connectivity index (χ1) is 10.5. The Hall–Kier alpha value is -2.03. The molecule has 116 valence electrons. The Balaban J connectivity index is 1.96. The van der Waals surface area contributed by atoms with Gasteiger partial charge in [0, 0.05) is 35.3 Å². The van der Waals surface area contributed by atoms with Gasteiger partial charge in [0.05, 0.1) is 11.5 Å². The van der Waals surface area contributed by atoms with E-state index in [0.717, 1.165) is 0 Å². The summed E-state index contributed by atoms with van der Waals surface area (Å²) in [5.41, 5.74) is 0.570. The van der Waals surface area contributed by atoms with Crippen LogP contribution in [0.25, 0.3) is 0 Å². The number of hydrogen-bond donors (Lipinski definition) is 1. The standard InChI is InChI=1S/C13H13ClN4O3S/c1-17(8-12(19)16-13-15-4-5-22-13)7-9-6-10(18(20)21)2-3-11(9)14/h2-6H,7-8H2,1H3,(H,15,16,19). The number of nitrogens with one attached hydrogen (secondary N) is 1. The predicted octanol–water partition coefficient (Wildman–Crippen LogP) is 2.78. The van der Waals surface area contributed by atoms with Crippen molar-refractivity contribution in [3.05, 3.63) is 50.5 Å². The Morgan fingerprint density at radius 2 is 2.32 bits per heavy atom. The van der Waals surface area contributed by atoms with Gasteiger partial charge in [-0.1, -0.05) is 11.6 Å². The van der Waals surface area contributed by atoms with Gasteiger partial charge in [0.2, 0.25) is 5.91 Å². The van der Waals surface area contributed by atoms with E-state index in [4.69, 9.17) is 11.6 Å². The minimum absolute atomic E-state index is 0.0277. The first-order valence-electron chi connectivity index (χ1n) is 6.26. The molecule has 2 aromatic rings. The van der Waals surface area contributed by atoms with Crippen molar-refractivity contribution in [2.45, 2.75) is 6.54 Å². The van der Waals surface area contributed by atoms with Gasteiger partial charge in [-0.25, -0.2) is 4.98 Å². The summed E-state index contributed by atoms with van der Waals surface area (Å²) in [4.78, 5) is 27.8. The smallest absolute Gasteiger partial charge is 0.269 e. The molecule has 1 amide bonds. The first kappa shape index (κ1) is 16.3. The summed E-state index contributed by atoms with van der Waals surface area (Å²) in [7, 11) is 1.73. The highest BCUT2D eigenvalue weighted by Gasteiger charge is 2.13. The summed E-state index contributed by atoms with van der Waals surface area (Å²) in [6.07, 6.45) is 1.60. The summed E-state index contributed by atoms with van der Waals surface area (Å²) in [5, 5.41) is 16.2. The molecule has 0 aliphatic heterocycles. The van der Waals surface area contributed by atoms with Crippen LogP contribution in [-0.4, -0.2) is 34.3 Å². The number of non-ortho nitro benzene ring substituents is 1. The number of halogens is 1. The SMILES string of the molecule is CN(CC(=O)Nc1nccs1)Cc1cc([N+](=O)[O-])ccc1Cl. The van der Waals surface area contributed by atoms with E-state index in [1.54, 1.807) is 23.5 Å². The third-order valence-corrected chi connectivity index (χ3v) is 3.83. The summed E-state index contributed by atoms with van der Waals surface area (Å²) in [5.74, 6) is -0.209. The molecule has 0 aliphatic rings. The van der Waals surface area contributed by atoms with E-state index in [-0.39, 0.29) is 18.1 Å². The van der Waals surface area contributed by atoms with Crippen LogP contribution in [0.2, 0.25) is 5.02 Å². The lowest BCUT2D eigenvalue weighted by atomic mass is 10.2. The van der Waals surface area contributed by atoms with Gasteiger partial charge in [0.1, 0.15) is 0 Å². The maximum Gasteiger partial charge on any atom is 0.269 e. The van der Waals surface area contributed by atoms with Crippen molar-refractivity contribution in [3.63, 3.8) is 0 Å². The van der Waals surface area contributed by atoms with Crippen LogP contribution in [0.15, 0.2) is 29.8 Å². The molecule has 0 atom stereocenters. The van der Waals surface area contributed by atoms with Gasteiger partial charge in [-0.05, 0) is 18.7 Å². The zero-order chi connectivity index (χ0) is 16.1. The van der Waals surface area contributed by atoms with E-state index in [1.807, 2.05) is 0 Å². The number of nitro benzene ring substituents is 1. The van der Waals surface area contributed by atoms with E-state index in [0.29, 0.717) is 22.3 Å². The van der Waals surface area contributed by atoms with Gasteiger partial charge >= 0.3 is 0 Å². The number of carbonyl (C=O) groups is 1. The molecular formula is C13H13ClN4O3S. The molecule has 0 unspecified atom stereocenters. The topological polar surface area (TPSA) is 88.4 Å². The van der Waals surface area contributed by atoms with Crippen molar-refractivity contribution in [3.8, 4) is 0 Å². The van der Waals surface area contributed by atoms with Crippen LogP contribution >= 0.6 is 22.9 Å². The molecular weight excluding hydrogens is 328 g/mol. The Labute approximate surface area is 135 Å². The van der Waals surface area contributed by atoms with Gasteiger partial charge in [-0.3, -0.25) is 19.8 Å². The van der Waals surface area contributed by atoms with Gasteiger partial charge < -0.3 is 5.32 Å². The number of benzene rings is 1. The van der Waals surface area contributed by atoms with Gasteiger partial charge in [0.15, 0.2) is 5.13 Å². The quantitative estimate of drug-likeness (QED) is 0.645. The number of carbonyl (C=O) groups excluding carboxylic acids is 1. The second-order valence-corrected chi connectivity index (χ2v) is 5.89. The summed E-state index contributed by atoms with van der Waals surface area (Å²) >= 11 is 7.37. The zero-order valence-corrected chi connectivity index (χ0v) is 13.2. The molecule has 0 aliphatic carbocycles. The molecule has 1 heterocycles. The Bertz CT molecular complexity index is 678. The maximum absolute atomic E-state index is 11.8. The number of nitro groups is 1. The van der Waals surface area contributed by atoms with Crippen LogP contribution in [0.5, 0.6) is 0 Å². The number of likely N-dealkylation sites (N-methyl/N-ethyl adjacent to an activating group) is 1. The molecule has 7 nitrogen and oxygen atoms in total. The molecule has 1 N–H and O–H groups in total. The monoisotopic (exact) mass is 340 g/mol. The molecule has 0 spiro atoms. The van der Waals surface area contributed by atoms with E-state index in [2.05, 4.69) is 10.3 Å². The highest BCUT2D eigenvalue weighted by atomic mass is 35.5. The fraction of sp³-hybridized carbons (Fsp3) is 0.231. The number of hydrogen-bond acceptors (Lipinski definition) is 6. The molecule has 0 saturated carbocycles. The first-order valence-corrected chi connectivity index (χ1v) is 7.52. The van der Waals surface area contributed by atoms with Crippen LogP contribution in [-0.2, 0) is 11.3 Å². The van der Waals surface area contributed by atoms with E-state index < -0.39 is 4.92 Å². The molecule has 0 saturated heterocycles. The zero-order valence-electron chi connectivity index (χ0n) is 11.7. The van der Waals surface area contributed by atoms with Gasteiger partial charge in [-0.2, -0.15) is 0 Å². The predicted molar refractivity (Wildman–Crippen MR) is 85.2 cm³/mol. The second-order valence-electron chi connectivity index (χ2n) is 4.59. The third kappa shape index (κ3) is 4.48. The van der Waals surface area contributed by atoms with Crippen molar-refractivity contribution >= 4 is 39.7 Å². The third-order valence-electron chi connectivity index (χ3n) is 2.77. The molecule has 0 radical (unpaired) electrons. The summed E-state index contributed by atoms with van der Waals surface area (Å²) in [6.45, 7) is 0.449. The molecule has 1 aromatic carbocycles. The molecule has 0 fully saturated rings. The number of anilines is 1. The minimum Gasteiger partial charge on any atom is -0.301 e. The maximum atomic E-state index is 11.8. The van der Waals surface area contributed by atoms with Crippen LogP contribution in [0.4, 0.5) is 10.8 Å². The molecule has 0 bridgehead atoms. The summed E-state index contributed by atoms with van der Waals surface area (Å²) < 4.78 is 0. The fourth-order valence-corrected chi connectivity index (χ4v) is 2.55. The molecule has 22 heavy (non-hydrogen) atoms. The van der Waals surface area contributed by atoms with Crippen LogP contribution in [0.1, 0.15) is 5.56 Å². The van der Waals surface area contributed by atoms with Crippen LogP contribution in [0.3, 0.4) is 0 Å². The van der Waals surface area contributed by atoms with Crippen molar-refractivity contribution in [1.29, 1.82) is 0 Å². The van der Waals surface area contributed by atoms with E-state index in [9.17, 15) is 14.9 Å². The van der Waals surface area contributed by atoms with Crippen LogP contribution in [0, 0.1) is 10.1 Å². The lowest BCUT2D eigenvalue weighted by molar-refractivity contribution is -0.384. The van der Waals surface area contributed by atoms with E-state index in [1.165, 1.54) is 29.5 Å². The van der Waals surface area contributed by atoms with Crippen molar-refractivity contribution in [2.24, 2.45) is 0 Å². The number of nitrogens with zero attached hydrogens (tertiary/aromatic N) is 3. The Kier molecular flexibility index (Phi) is 5.42. The Morgan fingerprint density at radius 3 is 2.95 bits per heavy atom. The Morgan fingerprint density at radius 1 is 1.55 bits per heavy atom. The summed E-state index contributed by atoms with van der Waals surface area (Å²) in [6, 6.07) is 4.25. The molecule has 2 rings (SSSR count). The van der Waals surface area contributed by atoms with Crippen molar-refractivity contribution < 1.29 is 9.72 Å². The number of aromatic nitrogens is 1. The average Bonchev–Trinajstić information content (AvgIpc) is 2.93. The fourth-order valence-electron chi connectivity index (χ4n) is 1.83. The normalized spacial score (nSPS) is 10.7. The highest BCUT2D eigenvalue weighted by molar-refractivity contribution is 7.13. The van der Waals surface area contributed by atoms with Gasteiger partial charge in [0.25, 0.3) is 5.69 Å². The lowest BCUT2D eigenvalue weighted by Gasteiger charge is -2.16. The van der Waals surface area contributed by atoms with E-state index >= 15 is 0 Å². The minimum atomic E-state index is -0.477. The lowest BCUT2D eigenvalue weighted by Crippen LogP contribution is -2.29. The molecule has 1 aromatic heterocycles. The van der Waals surface area contributed by atoms with Crippen LogP contribution < -0.4 is 5.32 Å². The second kappa shape index (κ2) is 7.30. The molecule has 9 heteroatoms. The van der Waals surface area contributed by atoms with Crippen molar-refractivity contribution in [1.82, 2.24) is 9.88 Å².